The lowest BCUT2D eigenvalue weighted by atomic mass is 9.88. The fourth-order valence-corrected chi connectivity index (χ4v) is 2.04. The van der Waals surface area contributed by atoms with Crippen molar-refractivity contribution in [3.63, 3.8) is 0 Å². The fraction of sp³-hybridized carbons (Fsp3) is 0.700. The second-order valence-electron chi connectivity index (χ2n) is 3.70. The van der Waals surface area contributed by atoms with Crippen molar-refractivity contribution in [2.45, 2.75) is 25.3 Å². The number of rotatable bonds is 1. The summed E-state index contributed by atoms with van der Waals surface area (Å²) in [7, 11) is 0. The molecule has 0 aromatic heterocycles. The van der Waals surface area contributed by atoms with Crippen LogP contribution >= 0.6 is 0 Å². The van der Waals surface area contributed by atoms with Crippen LogP contribution in [0, 0.1) is 5.92 Å². The van der Waals surface area contributed by atoms with E-state index < -0.39 is 0 Å². The Morgan fingerprint density at radius 3 is 2.85 bits per heavy atom. The summed E-state index contributed by atoms with van der Waals surface area (Å²) in [5.41, 5.74) is 0. The first kappa shape index (κ1) is 8.75. The molecule has 3 nitrogen and oxygen atoms in total. The van der Waals surface area contributed by atoms with E-state index in [1.54, 1.807) is 6.08 Å². The molecule has 0 radical (unpaired) electrons. The number of nitrogens with one attached hydrogen (secondary N) is 1. The highest BCUT2D eigenvalue weighted by molar-refractivity contribution is 5.88. The Balaban J connectivity index is 1.92. The Labute approximate surface area is 78.1 Å². The normalized spacial score (nSPS) is 30.2. The summed E-state index contributed by atoms with van der Waals surface area (Å²) in [5.74, 6) is 0.672. The van der Waals surface area contributed by atoms with Gasteiger partial charge >= 0.3 is 0 Å². The summed E-state index contributed by atoms with van der Waals surface area (Å²) in [4.78, 5) is 11.1. The Morgan fingerprint density at radius 2 is 2.15 bits per heavy atom. The fourth-order valence-electron chi connectivity index (χ4n) is 2.04. The van der Waals surface area contributed by atoms with Gasteiger partial charge in [-0.2, -0.15) is 0 Å². The van der Waals surface area contributed by atoms with Crippen LogP contribution in [-0.4, -0.2) is 25.2 Å². The zero-order chi connectivity index (χ0) is 9.10. The highest BCUT2D eigenvalue weighted by Gasteiger charge is 2.25. The minimum Gasteiger partial charge on any atom is -0.381 e. The lowest BCUT2D eigenvalue weighted by Gasteiger charge is -2.31. The molecule has 3 heteroatoms. The van der Waals surface area contributed by atoms with E-state index in [4.69, 9.17) is 4.74 Å². The summed E-state index contributed by atoms with van der Waals surface area (Å²) in [6.45, 7) is 1.70. The van der Waals surface area contributed by atoms with Crippen molar-refractivity contribution in [2.24, 2.45) is 5.92 Å². The van der Waals surface area contributed by atoms with Crippen LogP contribution in [0.4, 0.5) is 0 Å². The number of hydrogen-bond donors (Lipinski definition) is 1. The molecule has 0 aromatic rings. The minimum absolute atomic E-state index is 0.0581. The van der Waals surface area contributed by atoms with Gasteiger partial charge < -0.3 is 10.1 Å². The number of amides is 1. The van der Waals surface area contributed by atoms with Crippen LogP contribution in [0.2, 0.25) is 0 Å². The Hall–Kier alpha value is -0.830. The van der Waals surface area contributed by atoms with Gasteiger partial charge in [0.1, 0.15) is 0 Å². The van der Waals surface area contributed by atoms with Crippen molar-refractivity contribution >= 4 is 5.91 Å². The van der Waals surface area contributed by atoms with Crippen LogP contribution in [0.25, 0.3) is 0 Å². The average molecular weight is 181 g/mol. The number of hydrogen-bond acceptors (Lipinski definition) is 2. The number of carbonyl (C=O) groups excluding carboxylic acids is 1. The van der Waals surface area contributed by atoms with Gasteiger partial charge in [0.25, 0.3) is 0 Å². The molecule has 2 rings (SSSR count). The molecule has 1 fully saturated rings. The average Bonchev–Trinajstić information content (AvgIpc) is 2.19. The van der Waals surface area contributed by atoms with Crippen molar-refractivity contribution in [1.82, 2.24) is 5.32 Å². The molecule has 1 N–H and O–H groups in total. The molecule has 0 bridgehead atoms. The van der Waals surface area contributed by atoms with E-state index in [0.29, 0.717) is 12.0 Å². The largest absolute Gasteiger partial charge is 0.381 e. The van der Waals surface area contributed by atoms with Crippen molar-refractivity contribution in [3.05, 3.63) is 12.2 Å². The van der Waals surface area contributed by atoms with Gasteiger partial charge in [0.2, 0.25) is 5.91 Å². The van der Waals surface area contributed by atoms with Gasteiger partial charge in [-0.1, -0.05) is 6.08 Å². The molecule has 2 aliphatic heterocycles. The van der Waals surface area contributed by atoms with Gasteiger partial charge in [-0.25, -0.2) is 0 Å². The molecular formula is C10H15NO2. The molecule has 1 atom stereocenters. The SMILES string of the molecule is O=C1C=CCC(C2CCOCC2)N1. The molecule has 1 saturated heterocycles. The first-order valence-corrected chi connectivity index (χ1v) is 4.91. The zero-order valence-corrected chi connectivity index (χ0v) is 7.66. The third kappa shape index (κ3) is 2.10. The smallest absolute Gasteiger partial charge is 0.243 e. The second kappa shape index (κ2) is 3.92. The van der Waals surface area contributed by atoms with Crippen LogP contribution in [0.5, 0.6) is 0 Å². The van der Waals surface area contributed by atoms with Crippen molar-refractivity contribution in [3.8, 4) is 0 Å². The minimum atomic E-state index is 0.0581. The molecule has 13 heavy (non-hydrogen) atoms. The number of carbonyl (C=O) groups is 1. The molecule has 1 unspecified atom stereocenters. The van der Waals surface area contributed by atoms with Crippen LogP contribution in [0.3, 0.4) is 0 Å². The molecular weight excluding hydrogens is 166 g/mol. The summed E-state index contributed by atoms with van der Waals surface area (Å²) >= 11 is 0. The summed E-state index contributed by atoms with van der Waals surface area (Å²) in [5, 5.41) is 3.00. The first-order chi connectivity index (χ1) is 6.36. The summed E-state index contributed by atoms with van der Waals surface area (Å²) in [6, 6.07) is 0.349. The standard InChI is InChI=1S/C10H15NO2/c12-10-3-1-2-9(11-10)8-4-6-13-7-5-8/h1,3,8-9H,2,4-7H2,(H,11,12). The van der Waals surface area contributed by atoms with E-state index in [1.165, 1.54) is 0 Å². The Morgan fingerprint density at radius 1 is 1.38 bits per heavy atom. The molecule has 72 valence electrons. The third-order valence-electron chi connectivity index (χ3n) is 2.82. The second-order valence-corrected chi connectivity index (χ2v) is 3.70. The maximum atomic E-state index is 11.1. The van der Waals surface area contributed by atoms with E-state index >= 15 is 0 Å². The molecule has 0 aromatic carbocycles. The predicted molar refractivity (Wildman–Crippen MR) is 49.2 cm³/mol. The van der Waals surface area contributed by atoms with Gasteiger partial charge in [0, 0.05) is 19.3 Å². The molecule has 0 aliphatic carbocycles. The maximum absolute atomic E-state index is 11.1. The Kier molecular flexibility index (Phi) is 2.64. The van der Waals surface area contributed by atoms with Crippen molar-refractivity contribution < 1.29 is 9.53 Å². The third-order valence-corrected chi connectivity index (χ3v) is 2.82. The molecule has 0 spiro atoms. The molecule has 2 heterocycles. The van der Waals surface area contributed by atoms with Crippen LogP contribution < -0.4 is 5.32 Å². The summed E-state index contributed by atoms with van der Waals surface area (Å²) in [6.07, 6.45) is 6.74. The van der Waals surface area contributed by atoms with E-state index in [2.05, 4.69) is 5.32 Å². The lowest BCUT2D eigenvalue weighted by Crippen LogP contribution is -2.43. The van der Waals surface area contributed by atoms with Gasteiger partial charge in [0.05, 0.1) is 0 Å². The highest BCUT2D eigenvalue weighted by atomic mass is 16.5. The van der Waals surface area contributed by atoms with E-state index in [-0.39, 0.29) is 5.91 Å². The molecule has 2 aliphatic rings. The maximum Gasteiger partial charge on any atom is 0.243 e. The van der Waals surface area contributed by atoms with Crippen LogP contribution in [-0.2, 0) is 9.53 Å². The van der Waals surface area contributed by atoms with E-state index in [0.717, 1.165) is 32.5 Å². The molecule has 0 saturated carbocycles. The van der Waals surface area contributed by atoms with Crippen LogP contribution in [0.15, 0.2) is 12.2 Å². The summed E-state index contributed by atoms with van der Waals surface area (Å²) < 4.78 is 5.29. The number of ether oxygens (including phenoxy) is 1. The topological polar surface area (TPSA) is 38.3 Å². The van der Waals surface area contributed by atoms with Gasteiger partial charge in [-0.3, -0.25) is 4.79 Å². The van der Waals surface area contributed by atoms with E-state index in [1.807, 2.05) is 6.08 Å². The Bertz CT molecular complexity index is 219. The van der Waals surface area contributed by atoms with Crippen molar-refractivity contribution in [2.75, 3.05) is 13.2 Å². The van der Waals surface area contributed by atoms with Gasteiger partial charge in [0.15, 0.2) is 0 Å². The van der Waals surface area contributed by atoms with Crippen molar-refractivity contribution in [1.29, 1.82) is 0 Å². The monoisotopic (exact) mass is 181 g/mol. The zero-order valence-electron chi connectivity index (χ0n) is 7.66. The quantitative estimate of drug-likeness (QED) is 0.651. The lowest BCUT2D eigenvalue weighted by molar-refractivity contribution is -0.118. The van der Waals surface area contributed by atoms with Gasteiger partial charge in [-0.05, 0) is 31.3 Å². The van der Waals surface area contributed by atoms with Gasteiger partial charge in [-0.15, -0.1) is 0 Å². The predicted octanol–water partition coefficient (Wildman–Crippen LogP) is 0.858. The van der Waals surface area contributed by atoms with Crippen LogP contribution in [0.1, 0.15) is 19.3 Å². The highest BCUT2D eigenvalue weighted by Crippen LogP contribution is 2.22. The first-order valence-electron chi connectivity index (χ1n) is 4.91. The molecule has 1 amide bonds. The van der Waals surface area contributed by atoms with E-state index in [9.17, 15) is 4.79 Å².